The van der Waals surface area contributed by atoms with Crippen molar-refractivity contribution in [2.75, 3.05) is 5.43 Å². The first-order valence-electron chi connectivity index (χ1n) is 6.16. The average Bonchev–Trinajstić information content (AvgIpc) is 2.92. The van der Waals surface area contributed by atoms with Crippen LogP contribution in [0.3, 0.4) is 0 Å². The lowest BCUT2D eigenvalue weighted by Gasteiger charge is -2.08. The fraction of sp³-hybridized carbons (Fsp3) is 0.214. The van der Waals surface area contributed by atoms with Gasteiger partial charge in [0.25, 0.3) is 5.91 Å². The van der Waals surface area contributed by atoms with Crippen LogP contribution in [0.1, 0.15) is 27.0 Å². The van der Waals surface area contributed by atoms with Crippen LogP contribution in [0.5, 0.6) is 0 Å². The van der Waals surface area contributed by atoms with Gasteiger partial charge in [-0.1, -0.05) is 19.1 Å². The van der Waals surface area contributed by atoms with Crippen molar-refractivity contribution < 1.29 is 4.79 Å². The summed E-state index contributed by atoms with van der Waals surface area (Å²) in [5.74, 6) is 5.26. The monoisotopic (exact) mass is 275 g/mol. The molecule has 0 bridgehead atoms. The molecular formula is C14H17N3OS. The molecular weight excluding hydrogens is 258 g/mol. The quantitative estimate of drug-likeness (QED) is 0.580. The van der Waals surface area contributed by atoms with E-state index in [1.807, 2.05) is 12.1 Å². The number of hydrogen-bond donors (Lipinski definition) is 3. The molecule has 4 nitrogen and oxygen atoms in total. The highest BCUT2D eigenvalue weighted by Gasteiger charge is 2.10. The first-order valence-corrected chi connectivity index (χ1v) is 6.97. The largest absolute Gasteiger partial charge is 0.347 e. The van der Waals surface area contributed by atoms with Crippen LogP contribution < -0.4 is 16.6 Å². The van der Waals surface area contributed by atoms with Gasteiger partial charge in [0.2, 0.25) is 0 Å². The van der Waals surface area contributed by atoms with Gasteiger partial charge in [0.15, 0.2) is 0 Å². The molecule has 2 rings (SSSR count). The molecule has 0 unspecified atom stereocenters. The van der Waals surface area contributed by atoms with Gasteiger partial charge < -0.3 is 10.7 Å². The number of anilines is 1. The third-order valence-corrected chi connectivity index (χ3v) is 4.05. The Hall–Kier alpha value is -1.85. The maximum atomic E-state index is 12.1. The number of nitrogens with two attached hydrogens (primary N) is 1. The van der Waals surface area contributed by atoms with Crippen LogP contribution >= 0.6 is 11.3 Å². The molecule has 1 amide bonds. The second-order valence-corrected chi connectivity index (χ2v) is 5.35. The average molecular weight is 275 g/mol. The van der Waals surface area contributed by atoms with E-state index in [1.54, 1.807) is 23.5 Å². The van der Waals surface area contributed by atoms with Gasteiger partial charge in [-0.15, -0.1) is 11.3 Å². The molecule has 0 aliphatic carbocycles. The lowest BCUT2D eigenvalue weighted by atomic mass is 10.1. The first-order chi connectivity index (χ1) is 9.24. The van der Waals surface area contributed by atoms with Crippen molar-refractivity contribution >= 4 is 22.9 Å². The zero-order valence-electron chi connectivity index (χ0n) is 10.8. The maximum absolute atomic E-state index is 12.1. The van der Waals surface area contributed by atoms with E-state index < -0.39 is 0 Å². The molecule has 1 aromatic heterocycles. The van der Waals surface area contributed by atoms with E-state index in [0.29, 0.717) is 17.8 Å². The van der Waals surface area contributed by atoms with Crippen molar-refractivity contribution in [2.45, 2.75) is 19.9 Å². The highest BCUT2D eigenvalue weighted by Crippen LogP contribution is 2.17. The van der Waals surface area contributed by atoms with Crippen molar-refractivity contribution in [3.63, 3.8) is 0 Å². The molecule has 19 heavy (non-hydrogen) atoms. The van der Waals surface area contributed by atoms with Crippen LogP contribution in [0.2, 0.25) is 0 Å². The number of carbonyl (C=O) groups excluding carboxylic acids is 1. The summed E-state index contributed by atoms with van der Waals surface area (Å²) in [6.45, 7) is 2.67. The van der Waals surface area contributed by atoms with E-state index in [1.165, 1.54) is 4.88 Å². The summed E-state index contributed by atoms with van der Waals surface area (Å²) in [7, 11) is 0. The van der Waals surface area contributed by atoms with Gasteiger partial charge >= 0.3 is 0 Å². The van der Waals surface area contributed by atoms with Crippen molar-refractivity contribution in [3.8, 4) is 0 Å². The van der Waals surface area contributed by atoms with Crippen molar-refractivity contribution in [2.24, 2.45) is 5.84 Å². The number of amides is 1. The molecule has 0 atom stereocenters. The summed E-state index contributed by atoms with van der Waals surface area (Å²) < 4.78 is 0. The minimum Gasteiger partial charge on any atom is -0.347 e. The predicted molar refractivity (Wildman–Crippen MR) is 79.1 cm³/mol. The van der Waals surface area contributed by atoms with Gasteiger partial charge in [0.1, 0.15) is 0 Å². The second-order valence-electron chi connectivity index (χ2n) is 4.09. The van der Waals surface area contributed by atoms with E-state index in [4.69, 9.17) is 5.84 Å². The molecule has 0 radical (unpaired) electrons. The Balaban J connectivity index is 2.01. The van der Waals surface area contributed by atoms with E-state index in [0.717, 1.165) is 11.3 Å². The molecule has 0 fully saturated rings. The fourth-order valence-corrected chi connectivity index (χ4v) is 2.67. The molecule has 0 spiro atoms. The van der Waals surface area contributed by atoms with Gasteiger partial charge in [-0.25, -0.2) is 0 Å². The smallest absolute Gasteiger partial charge is 0.253 e. The van der Waals surface area contributed by atoms with Crippen LogP contribution in [0, 0.1) is 0 Å². The van der Waals surface area contributed by atoms with E-state index in [9.17, 15) is 4.79 Å². The van der Waals surface area contributed by atoms with Gasteiger partial charge in [-0.05, 0) is 30.7 Å². The number of nitrogen functional groups attached to an aromatic ring is 1. The summed E-state index contributed by atoms with van der Waals surface area (Å²) in [6, 6.07) is 11.3. The number of thiophene rings is 1. The van der Waals surface area contributed by atoms with Crippen LogP contribution in [0.25, 0.3) is 0 Å². The van der Waals surface area contributed by atoms with Crippen LogP contribution in [-0.4, -0.2) is 5.91 Å². The van der Waals surface area contributed by atoms with Crippen molar-refractivity contribution in [1.82, 2.24) is 5.32 Å². The molecule has 0 saturated heterocycles. The van der Waals surface area contributed by atoms with Gasteiger partial charge in [0.05, 0.1) is 17.8 Å². The molecule has 2 aromatic rings. The third kappa shape index (κ3) is 3.33. The van der Waals surface area contributed by atoms with Gasteiger partial charge in [-0.3, -0.25) is 10.6 Å². The molecule has 1 heterocycles. The Morgan fingerprint density at radius 2 is 1.95 bits per heavy atom. The third-order valence-electron chi connectivity index (χ3n) is 2.82. The number of rotatable bonds is 5. The van der Waals surface area contributed by atoms with Crippen LogP contribution in [0.15, 0.2) is 36.4 Å². The van der Waals surface area contributed by atoms with Crippen molar-refractivity contribution in [1.29, 1.82) is 0 Å². The van der Waals surface area contributed by atoms with E-state index in [2.05, 4.69) is 29.8 Å². The Labute approximate surface area is 116 Å². The number of hydrazine groups is 1. The zero-order chi connectivity index (χ0) is 13.7. The Morgan fingerprint density at radius 3 is 2.63 bits per heavy atom. The minimum absolute atomic E-state index is 0.125. The summed E-state index contributed by atoms with van der Waals surface area (Å²) in [4.78, 5) is 14.6. The predicted octanol–water partition coefficient (Wildman–Crippen LogP) is 2.53. The summed E-state index contributed by atoms with van der Waals surface area (Å²) >= 11 is 1.72. The summed E-state index contributed by atoms with van der Waals surface area (Å²) in [5, 5.41) is 2.90. The summed E-state index contributed by atoms with van der Waals surface area (Å²) in [6.07, 6.45) is 1.03. The SMILES string of the molecule is CCc1ccc(CNC(=O)c2ccccc2NN)s1. The number of para-hydroxylation sites is 1. The molecule has 1 aromatic carbocycles. The van der Waals surface area contributed by atoms with Crippen molar-refractivity contribution in [3.05, 3.63) is 51.7 Å². The molecule has 0 saturated carbocycles. The van der Waals surface area contributed by atoms with Gasteiger partial charge in [0, 0.05) is 9.75 Å². The lowest BCUT2D eigenvalue weighted by Crippen LogP contribution is -2.24. The Bertz CT molecular complexity index is 565. The lowest BCUT2D eigenvalue weighted by molar-refractivity contribution is 0.0952. The molecule has 0 aliphatic rings. The Kier molecular flexibility index (Phi) is 4.54. The molecule has 4 N–H and O–H groups in total. The fourth-order valence-electron chi connectivity index (χ4n) is 1.78. The number of aryl methyl sites for hydroxylation is 1. The minimum atomic E-state index is -0.125. The van der Waals surface area contributed by atoms with E-state index >= 15 is 0 Å². The maximum Gasteiger partial charge on any atom is 0.253 e. The topological polar surface area (TPSA) is 67.2 Å². The second kappa shape index (κ2) is 6.36. The number of nitrogens with one attached hydrogen (secondary N) is 2. The highest BCUT2D eigenvalue weighted by molar-refractivity contribution is 7.11. The first kappa shape index (κ1) is 13.6. The van der Waals surface area contributed by atoms with Gasteiger partial charge in [-0.2, -0.15) is 0 Å². The number of carbonyl (C=O) groups is 1. The molecule has 0 aliphatic heterocycles. The molecule has 5 heteroatoms. The van der Waals surface area contributed by atoms with E-state index in [-0.39, 0.29) is 5.91 Å². The Morgan fingerprint density at radius 1 is 1.21 bits per heavy atom. The van der Waals surface area contributed by atoms with Crippen LogP contribution in [0.4, 0.5) is 5.69 Å². The van der Waals surface area contributed by atoms with Crippen LogP contribution in [-0.2, 0) is 13.0 Å². The summed E-state index contributed by atoms with van der Waals surface area (Å²) in [5.41, 5.74) is 3.71. The zero-order valence-corrected chi connectivity index (χ0v) is 11.6. The standard InChI is InChI=1S/C14H17N3OS/c1-2-10-7-8-11(19-10)9-16-14(18)12-5-3-4-6-13(12)17-15/h3-8,17H,2,9,15H2,1H3,(H,16,18). The molecule has 100 valence electrons. The highest BCUT2D eigenvalue weighted by atomic mass is 32.1. The normalized spacial score (nSPS) is 10.2. The number of hydrogen-bond acceptors (Lipinski definition) is 4. The number of benzene rings is 1.